The van der Waals surface area contributed by atoms with Crippen molar-refractivity contribution in [3.05, 3.63) is 0 Å². The lowest BCUT2D eigenvalue weighted by atomic mass is 11.9. The summed E-state index contributed by atoms with van der Waals surface area (Å²) in [6, 6.07) is 0. The number of halogens is 2. The summed E-state index contributed by atoms with van der Waals surface area (Å²) in [7, 11) is -2.65. The standard InChI is InChI=1S/C2H8Cl2OSi2/c1-6(3)5-7(2)4/h6-7H,1-2H3. The maximum absolute atomic E-state index is 5.54. The summed E-state index contributed by atoms with van der Waals surface area (Å²) < 4.78 is 5.06. The molecule has 0 amide bonds. The molecule has 7 heavy (non-hydrogen) atoms. The van der Waals surface area contributed by atoms with Crippen LogP contribution in [0.2, 0.25) is 13.1 Å². The summed E-state index contributed by atoms with van der Waals surface area (Å²) in [6.45, 7) is 3.79. The highest BCUT2D eigenvalue weighted by Crippen LogP contribution is 1.97. The number of rotatable bonds is 2. The van der Waals surface area contributed by atoms with Crippen LogP contribution in [0.25, 0.3) is 0 Å². The minimum absolute atomic E-state index is 1.33. The second-order valence-electron chi connectivity index (χ2n) is 1.22. The van der Waals surface area contributed by atoms with Crippen molar-refractivity contribution in [2.75, 3.05) is 0 Å². The molecule has 0 aromatic heterocycles. The Morgan fingerprint density at radius 1 is 1.14 bits per heavy atom. The van der Waals surface area contributed by atoms with Crippen LogP contribution in [-0.4, -0.2) is 16.7 Å². The highest BCUT2D eigenvalue weighted by molar-refractivity contribution is 7.11. The molecule has 0 bridgehead atoms. The lowest BCUT2D eigenvalue weighted by Crippen LogP contribution is -2.13. The predicted octanol–water partition coefficient (Wildman–Crippen LogP) is 1.18. The first kappa shape index (κ1) is 7.97. The molecule has 0 aliphatic rings. The summed E-state index contributed by atoms with van der Waals surface area (Å²) in [6.07, 6.45) is 0. The van der Waals surface area contributed by atoms with Crippen LogP contribution in [0.3, 0.4) is 0 Å². The minimum Gasteiger partial charge on any atom is -0.438 e. The summed E-state index contributed by atoms with van der Waals surface area (Å²) in [5.74, 6) is 0. The van der Waals surface area contributed by atoms with Gasteiger partial charge in [-0.05, 0) is 13.1 Å². The van der Waals surface area contributed by atoms with Crippen LogP contribution in [-0.2, 0) is 4.12 Å². The van der Waals surface area contributed by atoms with Gasteiger partial charge < -0.3 is 4.12 Å². The third-order valence-corrected chi connectivity index (χ3v) is 5.23. The van der Waals surface area contributed by atoms with Crippen LogP contribution < -0.4 is 0 Å². The van der Waals surface area contributed by atoms with Gasteiger partial charge in [0.1, 0.15) is 0 Å². The molecule has 0 spiro atoms. The molecule has 5 heteroatoms. The van der Waals surface area contributed by atoms with Crippen LogP contribution in [0.1, 0.15) is 0 Å². The average Bonchev–Trinajstić information content (AvgIpc) is 1.27. The minimum atomic E-state index is -1.33. The van der Waals surface area contributed by atoms with Gasteiger partial charge in [0, 0.05) is 0 Å². The van der Waals surface area contributed by atoms with Gasteiger partial charge in [-0.15, -0.1) is 22.2 Å². The molecule has 0 heterocycles. The van der Waals surface area contributed by atoms with Crippen molar-refractivity contribution in [1.29, 1.82) is 0 Å². The lowest BCUT2D eigenvalue weighted by Gasteiger charge is -2.03. The van der Waals surface area contributed by atoms with Gasteiger partial charge in [0.25, 0.3) is 16.7 Å². The molecule has 44 valence electrons. The predicted molar refractivity (Wildman–Crippen MR) is 38.8 cm³/mol. The van der Waals surface area contributed by atoms with Crippen molar-refractivity contribution >= 4 is 38.9 Å². The summed E-state index contributed by atoms with van der Waals surface area (Å²) in [4.78, 5) is 0. The van der Waals surface area contributed by atoms with Crippen molar-refractivity contribution in [1.82, 2.24) is 0 Å². The molecular weight excluding hydrogens is 167 g/mol. The fourth-order valence-corrected chi connectivity index (χ4v) is 5.58. The van der Waals surface area contributed by atoms with Crippen molar-refractivity contribution in [2.45, 2.75) is 13.1 Å². The molecule has 0 rings (SSSR count). The zero-order chi connectivity index (χ0) is 5.86. The molecule has 2 unspecified atom stereocenters. The van der Waals surface area contributed by atoms with Gasteiger partial charge in [0.2, 0.25) is 0 Å². The lowest BCUT2D eigenvalue weighted by molar-refractivity contribution is 0.635. The van der Waals surface area contributed by atoms with E-state index in [-0.39, 0.29) is 0 Å². The monoisotopic (exact) mass is 174 g/mol. The van der Waals surface area contributed by atoms with E-state index < -0.39 is 16.7 Å². The summed E-state index contributed by atoms with van der Waals surface area (Å²) >= 11 is 11.1. The molecule has 0 saturated heterocycles. The fraction of sp³-hybridized carbons (Fsp3) is 1.00. The van der Waals surface area contributed by atoms with E-state index in [1.165, 1.54) is 0 Å². The van der Waals surface area contributed by atoms with E-state index in [9.17, 15) is 0 Å². The molecule has 0 N–H and O–H groups in total. The first-order valence-electron chi connectivity index (χ1n) is 2.06. The molecule has 1 nitrogen and oxygen atoms in total. The number of hydrogen-bond acceptors (Lipinski definition) is 1. The van der Waals surface area contributed by atoms with E-state index in [1.807, 2.05) is 13.1 Å². The Kier molecular flexibility index (Phi) is 4.46. The van der Waals surface area contributed by atoms with Crippen LogP contribution in [0.4, 0.5) is 0 Å². The van der Waals surface area contributed by atoms with Gasteiger partial charge in [-0.25, -0.2) is 0 Å². The fourth-order valence-electron chi connectivity index (χ4n) is 0.258. The molecular formula is C2H8Cl2OSi2. The normalized spacial score (nSPS) is 18.9. The maximum atomic E-state index is 5.54. The SMILES string of the molecule is C[SiH](Cl)O[SiH](C)Cl. The first-order valence-corrected chi connectivity index (χ1v) is 8.81. The molecule has 0 aliphatic heterocycles. The Bertz CT molecular complexity index is 43.0. The zero-order valence-corrected chi connectivity index (χ0v) is 8.14. The van der Waals surface area contributed by atoms with Crippen LogP contribution in [0.15, 0.2) is 0 Å². The van der Waals surface area contributed by atoms with Gasteiger partial charge in [0.15, 0.2) is 0 Å². The van der Waals surface area contributed by atoms with Crippen molar-refractivity contribution in [3.63, 3.8) is 0 Å². The second-order valence-corrected chi connectivity index (χ2v) is 8.17. The van der Waals surface area contributed by atoms with Crippen LogP contribution >= 0.6 is 22.2 Å². The molecule has 0 radical (unpaired) electrons. The van der Waals surface area contributed by atoms with E-state index in [2.05, 4.69) is 0 Å². The van der Waals surface area contributed by atoms with E-state index >= 15 is 0 Å². The Hall–Kier alpha value is 0.974. The van der Waals surface area contributed by atoms with Gasteiger partial charge in [-0.3, -0.25) is 0 Å². The Morgan fingerprint density at radius 3 is 1.43 bits per heavy atom. The summed E-state index contributed by atoms with van der Waals surface area (Å²) in [5, 5.41) is 0. The Labute approximate surface area is 56.4 Å². The third kappa shape index (κ3) is 6.97. The molecule has 0 fully saturated rings. The molecule has 0 aromatic rings. The van der Waals surface area contributed by atoms with Crippen LogP contribution in [0, 0.1) is 0 Å². The third-order valence-electron chi connectivity index (χ3n) is 0.375. The topological polar surface area (TPSA) is 9.23 Å². The van der Waals surface area contributed by atoms with E-state index in [0.29, 0.717) is 0 Å². The quantitative estimate of drug-likeness (QED) is 0.452. The largest absolute Gasteiger partial charge is 0.438 e. The van der Waals surface area contributed by atoms with Crippen molar-refractivity contribution in [2.24, 2.45) is 0 Å². The Morgan fingerprint density at radius 2 is 1.43 bits per heavy atom. The van der Waals surface area contributed by atoms with Crippen molar-refractivity contribution < 1.29 is 4.12 Å². The smallest absolute Gasteiger partial charge is 0.261 e. The van der Waals surface area contributed by atoms with E-state index in [0.717, 1.165) is 0 Å². The molecule has 0 aromatic carbocycles. The van der Waals surface area contributed by atoms with Gasteiger partial charge in [0.05, 0.1) is 0 Å². The van der Waals surface area contributed by atoms with Gasteiger partial charge in [-0.2, -0.15) is 0 Å². The summed E-state index contributed by atoms with van der Waals surface area (Å²) in [5.41, 5.74) is 0. The van der Waals surface area contributed by atoms with Gasteiger partial charge >= 0.3 is 0 Å². The molecule has 0 saturated carbocycles. The van der Waals surface area contributed by atoms with E-state index in [1.54, 1.807) is 0 Å². The van der Waals surface area contributed by atoms with Crippen molar-refractivity contribution in [3.8, 4) is 0 Å². The maximum Gasteiger partial charge on any atom is 0.261 e. The highest BCUT2D eigenvalue weighted by Gasteiger charge is 2.03. The Balaban J connectivity index is 2.95. The zero-order valence-electron chi connectivity index (χ0n) is 4.32. The number of hydrogen-bond donors (Lipinski definition) is 0. The molecule has 2 atom stereocenters. The van der Waals surface area contributed by atoms with Crippen LogP contribution in [0.5, 0.6) is 0 Å². The first-order chi connectivity index (χ1) is 3.13. The van der Waals surface area contributed by atoms with Gasteiger partial charge in [-0.1, -0.05) is 0 Å². The highest BCUT2D eigenvalue weighted by atomic mass is 35.6. The average molecular weight is 175 g/mol. The second kappa shape index (κ2) is 3.91. The van der Waals surface area contributed by atoms with E-state index in [4.69, 9.17) is 26.3 Å². The molecule has 0 aliphatic carbocycles.